The van der Waals surface area contributed by atoms with Crippen molar-refractivity contribution >= 4 is 11.7 Å². The summed E-state index contributed by atoms with van der Waals surface area (Å²) >= 11 is 0. The van der Waals surface area contributed by atoms with E-state index < -0.39 is 0 Å². The number of amides is 1. The molecule has 2 heterocycles. The van der Waals surface area contributed by atoms with Crippen molar-refractivity contribution < 1.29 is 4.79 Å². The third-order valence-corrected chi connectivity index (χ3v) is 3.42. The second-order valence-corrected chi connectivity index (χ2v) is 4.40. The van der Waals surface area contributed by atoms with E-state index in [1.807, 2.05) is 6.92 Å². The largest absolute Gasteiger partial charge is 0.369 e. The van der Waals surface area contributed by atoms with E-state index in [-0.39, 0.29) is 17.9 Å². The first-order valence-electron chi connectivity index (χ1n) is 5.31. The smallest absolute Gasteiger partial charge is 0.222 e. The Bertz CT molecular complexity index is 370. The Hall–Kier alpha value is -1.32. The Morgan fingerprint density at radius 1 is 1.53 bits per heavy atom. The Labute approximate surface area is 89.8 Å². The maximum absolute atomic E-state index is 11.2. The molecule has 4 nitrogen and oxygen atoms in total. The quantitative estimate of drug-likeness (QED) is 0.694. The molecule has 0 unspecified atom stereocenters. The lowest BCUT2D eigenvalue weighted by Crippen LogP contribution is -2.33. The Morgan fingerprint density at radius 2 is 2.20 bits per heavy atom. The highest BCUT2D eigenvalue weighted by Crippen LogP contribution is 2.33. The zero-order chi connectivity index (χ0) is 11.2. The molecule has 0 aliphatic carbocycles. The fraction of sp³-hybridized carbons (Fsp3) is 0.636. The zero-order valence-corrected chi connectivity index (χ0v) is 9.45. The number of hydrogen-bond acceptors (Lipinski definition) is 3. The highest BCUT2D eigenvalue weighted by Gasteiger charge is 2.35. The van der Waals surface area contributed by atoms with Crippen LogP contribution < -0.4 is 5.73 Å². The summed E-state index contributed by atoms with van der Waals surface area (Å²) in [6, 6.07) is 0.239. The van der Waals surface area contributed by atoms with Crippen LogP contribution in [0.3, 0.4) is 0 Å². The monoisotopic (exact) mass is 207 g/mol. The molecule has 2 aliphatic heterocycles. The van der Waals surface area contributed by atoms with E-state index in [0.717, 1.165) is 12.3 Å². The van der Waals surface area contributed by atoms with Crippen molar-refractivity contribution in [3.05, 3.63) is 11.3 Å². The van der Waals surface area contributed by atoms with E-state index in [4.69, 9.17) is 5.73 Å². The molecule has 2 rings (SSSR count). The molecule has 2 N–H and O–H groups in total. The van der Waals surface area contributed by atoms with E-state index in [0.29, 0.717) is 6.54 Å². The van der Waals surface area contributed by atoms with Crippen molar-refractivity contribution in [1.82, 2.24) is 4.90 Å². The minimum absolute atomic E-state index is 0.0506. The molecule has 1 amide bonds. The van der Waals surface area contributed by atoms with Gasteiger partial charge in [0, 0.05) is 18.7 Å². The fourth-order valence-electron chi connectivity index (χ4n) is 2.32. The number of carbonyl (C=O) groups is 1. The molecule has 82 valence electrons. The molecule has 0 aromatic heterocycles. The summed E-state index contributed by atoms with van der Waals surface area (Å²) in [6.45, 7) is 6.86. The van der Waals surface area contributed by atoms with Crippen molar-refractivity contribution in [3.8, 4) is 0 Å². The number of rotatable bonds is 1. The number of primary amides is 1. The van der Waals surface area contributed by atoms with Crippen LogP contribution in [0.5, 0.6) is 0 Å². The molecule has 2 aliphatic rings. The lowest BCUT2D eigenvalue weighted by atomic mass is 10.0. The second kappa shape index (κ2) is 3.36. The van der Waals surface area contributed by atoms with Gasteiger partial charge in [0.2, 0.25) is 5.91 Å². The molecule has 0 radical (unpaired) electrons. The van der Waals surface area contributed by atoms with Gasteiger partial charge in [0.1, 0.15) is 5.84 Å². The SMILES string of the molecule is CC1=N[C@@H](C)C(C)=C2C[C@@H](C(N)=O)CN12. The summed E-state index contributed by atoms with van der Waals surface area (Å²) in [7, 11) is 0. The molecule has 4 heteroatoms. The van der Waals surface area contributed by atoms with Crippen LogP contribution in [-0.4, -0.2) is 29.2 Å². The van der Waals surface area contributed by atoms with E-state index in [2.05, 4.69) is 23.7 Å². The van der Waals surface area contributed by atoms with E-state index >= 15 is 0 Å². The van der Waals surface area contributed by atoms with Crippen molar-refractivity contribution in [1.29, 1.82) is 0 Å². The molecule has 0 spiro atoms. The molecule has 0 bridgehead atoms. The van der Waals surface area contributed by atoms with Gasteiger partial charge in [-0.2, -0.15) is 0 Å². The number of carbonyl (C=O) groups excluding carboxylic acids is 1. The first-order valence-corrected chi connectivity index (χ1v) is 5.31. The summed E-state index contributed by atoms with van der Waals surface area (Å²) in [5.41, 5.74) is 7.87. The van der Waals surface area contributed by atoms with Gasteiger partial charge in [0.15, 0.2) is 0 Å². The van der Waals surface area contributed by atoms with Crippen LogP contribution in [0.4, 0.5) is 0 Å². The second-order valence-electron chi connectivity index (χ2n) is 4.40. The predicted molar refractivity (Wildman–Crippen MR) is 59.3 cm³/mol. The van der Waals surface area contributed by atoms with Gasteiger partial charge in [0.05, 0.1) is 12.0 Å². The number of allylic oxidation sites excluding steroid dienone is 1. The summed E-state index contributed by atoms with van der Waals surface area (Å²) < 4.78 is 0. The molecule has 15 heavy (non-hydrogen) atoms. The molecule has 0 aromatic carbocycles. The fourth-order valence-corrected chi connectivity index (χ4v) is 2.32. The van der Waals surface area contributed by atoms with Crippen molar-refractivity contribution in [3.63, 3.8) is 0 Å². The van der Waals surface area contributed by atoms with Crippen molar-refractivity contribution in [2.45, 2.75) is 33.2 Å². The van der Waals surface area contributed by atoms with E-state index in [1.54, 1.807) is 0 Å². The Kier molecular flexibility index (Phi) is 2.29. The third-order valence-electron chi connectivity index (χ3n) is 3.42. The first kappa shape index (κ1) is 10.2. The lowest BCUT2D eigenvalue weighted by Gasteiger charge is -2.28. The van der Waals surface area contributed by atoms with Gasteiger partial charge < -0.3 is 10.6 Å². The van der Waals surface area contributed by atoms with Crippen LogP contribution in [-0.2, 0) is 4.79 Å². The summed E-state index contributed by atoms with van der Waals surface area (Å²) in [5.74, 6) is 0.752. The van der Waals surface area contributed by atoms with Crippen LogP contribution >= 0.6 is 0 Å². The molecule has 2 atom stereocenters. The predicted octanol–water partition coefficient (Wildman–Crippen LogP) is 0.888. The Morgan fingerprint density at radius 3 is 2.80 bits per heavy atom. The van der Waals surface area contributed by atoms with E-state index in [1.165, 1.54) is 11.3 Å². The third kappa shape index (κ3) is 1.54. The maximum atomic E-state index is 11.2. The lowest BCUT2D eigenvalue weighted by molar-refractivity contribution is -0.121. The number of amidine groups is 1. The van der Waals surface area contributed by atoms with Gasteiger partial charge in [-0.05, 0) is 26.3 Å². The molecular formula is C11H17N3O. The van der Waals surface area contributed by atoms with Crippen molar-refractivity contribution in [2.75, 3.05) is 6.54 Å². The highest BCUT2D eigenvalue weighted by molar-refractivity contribution is 5.86. The minimum atomic E-state index is -0.204. The standard InChI is InChI=1S/C11H17N3O/c1-6-7(2)13-8(3)14-5-9(11(12)15)4-10(6)14/h7,9H,4-5H2,1-3H3,(H2,12,15)/t7-,9+/m0/s1. The van der Waals surface area contributed by atoms with Crippen LogP contribution in [0, 0.1) is 5.92 Å². The highest BCUT2D eigenvalue weighted by atomic mass is 16.1. The van der Waals surface area contributed by atoms with Gasteiger partial charge >= 0.3 is 0 Å². The average molecular weight is 207 g/mol. The maximum Gasteiger partial charge on any atom is 0.222 e. The van der Waals surface area contributed by atoms with E-state index in [9.17, 15) is 4.79 Å². The number of fused-ring (bicyclic) bond motifs is 1. The number of nitrogens with zero attached hydrogens (tertiary/aromatic N) is 2. The average Bonchev–Trinajstić information content (AvgIpc) is 2.59. The van der Waals surface area contributed by atoms with Gasteiger partial charge in [-0.25, -0.2) is 0 Å². The molecule has 0 saturated carbocycles. The van der Waals surface area contributed by atoms with Crippen LogP contribution in [0.1, 0.15) is 27.2 Å². The van der Waals surface area contributed by atoms with Gasteiger partial charge in [-0.15, -0.1) is 0 Å². The summed E-state index contributed by atoms with van der Waals surface area (Å²) in [4.78, 5) is 17.8. The molecule has 1 saturated heterocycles. The summed E-state index contributed by atoms with van der Waals surface area (Å²) in [6.07, 6.45) is 0.776. The van der Waals surface area contributed by atoms with Crippen LogP contribution in [0.15, 0.2) is 16.3 Å². The zero-order valence-electron chi connectivity index (χ0n) is 9.45. The normalized spacial score (nSPS) is 30.3. The number of aliphatic imine (C=N–C) groups is 1. The van der Waals surface area contributed by atoms with Gasteiger partial charge in [0.25, 0.3) is 0 Å². The molecule has 1 fully saturated rings. The minimum Gasteiger partial charge on any atom is -0.369 e. The van der Waals surface area contributed by atoms with Crippen LogP contribution in [0.2, 0.25) is 0 Å². The Balaban J connectivity index is 2.32. The van der Waals surface area contributed by atoms with Crippen molar-refractivity contribution in [2.24, 2.45) is 16.6 Å². The number of hydrogen-bond donors (Lipinski definition) is 1. The van der Waals surface area contributed by atoms with Gasteiger partial charge in [-0.3, -0.25) is 9.79 Å². The molecule has 0 aromatic rings. The number of nitrogens with two attached hydrogens (primary N) is 1. The van der Waals surface area contributed by atoms with Gasteiger partial charge in [-0.1, -0.05) is 0 Å². The topological polar surface area (TPSA) is 58.7 Å². The molecular weight excluding hydrogens is 190 g/mol. The first-order chi connectivity index (χ1) is 7.00. The van der Waals surface area contributed by atoms with Crippen LogP contribution in [0.25, 0.3) is 0 Å². The summed E-state index contributed by atoms with van der Waals surface area (Å²) in [5, 5.41) is 0.